The molecule has 0 aliphatic carbocycles. The molecule has 94 valence electrons. The van der Waals surface area contributed by atoms with Crippen molar-refractivity contribution < 1.29 is 9.53 Å². The summed E-state index contributed by atoms with van der Waals surface area (Å²) >= 11 is 3.42. The predicted octanol–water partition coefficient (Wildman–Crippen LogP) is 3.97. The number of hydrogen-bond acceptors (Lipinski definition) is 2. The Morgan fingerprint density at radius 3 is 2.47 bits per heavy atom. The van der Waals surface area contributed by atoms with E-state index in [1.165, 1.54) is 24.8 Å². The molecular formula is C14H19BrO2. The van der Waals surface area contributed by atoms with Crippen LogP contribution < -0.4 is 0 Å². The minimum atomic E-state index is -0.238. The molecule has 3 heteroatoms. The van der Waals surface area contributed by atoms with Gasteiger partial charge in [0.1, 0.15) is 0 Å². The maximum Gasteiger partial charge on any atom is 0.338 e. The van der Waals surface area contributed by atoms with Gasteiger partial charge in [0.05, 0.1) is 12.2 Å². The number of ether oxygens (including phenoxy) is 1. The molecule has 0 heterocycles. The number of hydrogen-bond donors (Lipinski definition) is 0. The second-order valence-electron chi connectivity index (χ2n) is 3.92. The second kappa shape index (κ2) is 8.29. The molecule has 0 atom stereocenters. The van der Waals surface area contributed by atoms with Crippen LogP contribution in [0.4, 0.5) is 0 Å². The van der Waals surface area contributed by atoms with Gasteiger partial charge in [0.2, 0.25) is 0 Å². The highest BCUT2D eigenvalue weighted by molar-refractivity contribution is 9.09. The van der Waals surface area contributed by atoms with Crippen LogP contribution in [0.1, 0.15) is 42.1 Å². The largest absolute Gasteiger partial charge is 0.462 e. The van der Waals surface area contributed by atoms with Gasteiger partial charge >= 0.3 is 5.97 Å². The first-order valence-corrected chi connectivity index (χ1v) is 7.22. The quantitative estimate of drug-likeness (QED) is 0.432. The second-order valence-corrected chi connectivity index (χ2v) is 4.71. The molecule has 1 aromatic carbocycles. The van der Waals surface area contributed by atoms with Gasteiger partial charge in [-0.15, -0.1) is 0 Å². The first-order valence-electron chi connectivity index (χ1n) is 6.10. The van der Waals surface area contributed by atoms with E-state index in [9.17, 15) is 4.79 Å². The standard InChI is InChI=1S/C14H19BrO2/c1-2-17-14(16)13-9-7-12(8-10-13)6-4-3-5-11-15/h7-10H,2-6,11H2,1H3. The normalized spacial score (nSPS) is 10.2. The molecule has 17 heavy (non-hydrogen) atoms. The first kappa shape index (κ1) is 14.2. The highest BCUT2D eigenvalue weighted by atomic mass is 79.9. The van der Waals surface area contributed by atoms with E-state index in [0.29, 0.717) is 12.2 Å². The fraction of sp³-hybridized carbons (Fsp3) is 0.500. The molecule has 0 fully saturated rings. The van der Waals surface area contributed by atoms with E-state index in [0.717, 1.165) is 11.8 Å². The van der Waals surface area contributed by atoms with Gasteiger partial charge in [-0.1, -0.05) is 34.5 Å². The molecule has 1 aromatic rings. The highest BCUT2D eigenvalue weighted by Gasteiger charge is 2.05. The molecule has 0 bridgehead atoms. The van der Waals surface area contributed by atoms with Gasteiger partial charge in [-0.25, -0.2) is 4.79 Å². The maximum atomic E-state index is 11.4. The topological polar surface area (TPSA) is 26.3 Å². The Labute approximate surface area is 111 Å². The van der Waals surface area contributed by atoms with Gasteiger partial charge in [-0.2, -0.15) is 0 Å². The molecule has 1 rings (SSSR count). The summed E-state index contributed by atoms with van der Waals surface area (Å²) in [5, 5.41) is 1.08. The molecule has 0 saturated heterocycles. The smallest absolute Gasteiger partial charge is 0.338 e. The molecule has 0 radical (unpaired) electrons. The fourth-order valence-corrected chi connectivity index (χ4v) is 2.02. The van der Waals surface area contributed by atoms with Crippen molar-refractivity contribution in [3.63, 3.8) is 0 Å². The third kappa shape index (κ3) is 5.35. The van der Waals surface area contributed by atoms with Crippen molar-refractivity contribution in [2.24, 2.45) is 0 Å². The number of alkyl halides is 1. The van der Waals surface area contributed by atoms with Crippen LogP contribution in [0.2, 0.25) is 0 Å². The maximum absolute atomic E-state index is 11.4. The van der Waals surface area contributed by atoms with Crippen LogP contribution in [0.3, 0.4) is 0 Å². The third-order valence-electron chi connectivity index (χ3n) is 2.56. The van der Waals surface area contributed by atoms with Crippen LogP contribution in [0.5, 0.6) is 0 Å². The highest BCUT2D eigenvalue weighted by Crippen LogP contribution is 2.10. The van der Waals surface area contributed by atoms with Crippen LogP contribution >= 0.6 is 15.9 Å². The van der Waals surface area contributed by atoms with Crippen molar-refractivity contribution in [2.45, 2.75) is 32.6 Å². The predicted molar refractivity (Wildman–Crippen MR) is 73.7 cm³/mol. The lowest BCUT2D eigenvalue weighted by atomic mass is 10.1. The zero-order chi connectivity index (χ0) is 12.5. The minimum absolute atomic E-state index is 0.238. The summed E-state index contributed by atoms with van der Waals surface area (Å²) in [6.45, 7) is 2.24. The number of benzene rings is 1. The summed E-state index contributed by atoms with van der Waals surface area (Å²) in [5.41, 5.74) is 1.92. The Bertz CT molecular complexity index is 333. The van der Waals surface area contributed by atoms with Crippen LogP contribution in [0.25, 0.3) is 0 Å². The van der Waals surface area contributed by atoms with E-state index < -0.39 is 0 Å². The van der Waals surface area contributed by atoms with E-state index >= 15 is 0 Å². The molecule has 0 N–H and O–H groups in total. The lowest BCUT2D eigenvalue weighted by molar-refractivity contribution is 0.0526. The number of esters is 1. The Balaban J connectivity index is 2.42. The Kier molecular flexibility index (Phi) is 6.94. The summed E-state index contributed by atoms with van der Waals surface area (Å²) in [4.78, 5) is 11.4. The zero-order valence-corrected chi connectivity index (χ0v) is 11.8. The van der Waals surface area contributed by atoms with E-state index in [4.69, 9.17) is 4.74 Å². The number of halogens is 1. The molecular weight excluding hydrogens is 280 g/mol. The Hall–Kier alpha value is -0.830. The summed E-state index contributed by atoms with van der Waals surface area (Å²) < 4.78 is 4.94. The fourth-order valence-electron chi connectivity index (χ4n) is 1.62. The monoisotopic (exact) mass is 298 g/mol. The van der Waals surface area contributed by atoms with Gasteiger partial charge in [0.25, 0.3) is 0 Å². The van der Waals surface area contributed by atoms with E-state index in [2.05, 4.69) is 15.9 Å². The lowest BCUT2D eigenvalue weighted by Crippen LogP contribution is -2.04. The number of aryl methyl sites for hydroxylation is 1. The number of unbranched alkanes of at least 4 members (excludes halogenated alkanes) is 2. The minimum Gasteiger partial charge on any atom is -0.462 e. The molecule has 0 saturated carbocycles. The number of carbonyl (C=O) groups excluding carboxylic acids is 1. The molecule has 0 aromatic heterocycles. The van der Waals surface area contributed by atoms with Crippen LogP contribution in [-0.4, -0.2) is 17.9 Å². The average molecular weight is 299 g/mol. The van der Waals surface area contributed by atoms with E-state index in [1.54, 1.807) is 0 Å². The van der Waals surface area contributed by atoms with Crippen LogP contribution in [0.15, 0.2) is 24.3 Å². The van der Waals surface area contributed by atoms with Crippen LogP contribution in [-0.2, 0) is 11.2 Å². The van der Waals surface area contributed by atoms with Gasteiger partial charge in [0, 0.05) is 5.33 Å². The number of carbonyl (C=O) groups is 1. The molecule has 0 aliphatic rings. The summed E-state index contributed by atoms with van der Waals surface area (Å²) in [7, 11) is 0. The Morgan fingerprint density at radius 1 is 1.18 bits per heavy atom. The van der Waals surface area contributed by atoms with Gasteiger partial charge in [-0.05, 0) is 43.9 Å². The van der Waals surface area contributed by atoms with Crippen molar-refractivity contribution in [3.8, 4) is 0 Å². The molecule has 0 aliphatic heterocycles. The SMILES string of the molecule is CCOC(=O)c1ccc(CCCCCBr)cc1. The van der Waals surface area contributed by atoms with Crippen molar-refractivity contribution in [1.29, 1.82) is 0 Å². The molecule has 0 amide bonds. The average Bonchev–Trinajstić information content (AvgIpc) is 2.36. The van der Waals surface area contributed by atoms with Gasteiger partial charge in [0.15, 0.2) is 0 Å². The Morgan fingerprint density at radius 2 is 1.88 bits per heavy atom. The third-order valence-corrected chi connectivity index (χ3v) is 3.12. The number of rotatable bonds is 7. The molecule has 0 unspecified atom stereocenters. The van der Waals surface area contributed by atoms with Crippen molar-refractivity contribution in [3.05, 3.63) is 35.4 Å². The first-order chi connectivity index (χ1) is 8.27. The summed E-state index contributed by atoms with van der Waals surface area (Å²) in [5.74, 6) is -0.238. The molecule has 0 spiro atoms. The summed E-state index contributed by atoms with van der Waals surface area (Å²) in [6, 6.07) is 7.72. The van der Waals surface area contributed by atoms with Gasteiger partial charge < -0.3 is 4.74 Å². The van der Waals surface area contributed by atoms with E-state index in [-0.39, 0.29) is 5.97 Å². The van der Waals surface area contributed by atoms with Gasteiger partial charge in [-0.3, -0.25) is 0 Å². The van der Waals surface area contributed by atoms with Crippen molar-refractivity contribution in [2.75, 3.05) is 11.9 Å². The zero-order valence-electron chi connectivity index (χ0n) is 10.2. The van der Waals surface area contributed by atoms with Crippen LogP contribution in [0, 0.1) is 0 Å². The summed E-state index contributed by atoms with van der Waals surface area (Å²) in [6.07, 6.45) is 4.74. The molecule has 2 nitrogen and oxygen atoms in total. The van der Waals surface area contributed by atoms with Crippen molar-refractivity contribution >= 4 is 21.9 Å². The van der Waals surface area contributed by atoms with Crippen molar-refractivity contribution in [1.82, 2.24) is 0 Å². The van der Waals surface area contributed by atoms with E-state index in [1.807, 2.05) is 31.2 Å². The lowest BCUT2D eigenvalue weighted by Gasteiger charge is -2.04.